The molecule has 36 heavy (non-hydrogen) atoms. The Labute approximate surface area is 231 Å². The van der Waals surface area contributed by atoms with Gasteiger partial charge in [-0.15, -0.1) is 12.4 Å². The van der Waals surface area contributed by atoms with Crippen LogP contribution >= 0.6 is 35.0 Å². The van der Waals surface area contributed by atoms with E-state index >= 15 is 0 Å². The van der Waals surface area contributed by atoms with Crippen LogP contribution in [-0.2, 0) is 32.8 Å². The monoisotopic (exact) mass is 632 g/mol. The molecule has 2 aromatic carbocycles. The third kappa shape index (κ3) is 9.25. The molecule has 0 spiro atoms. The van der Waals surface area contributed by atoms with Crippen LogP contribution in [0.4, 0.5) is 0 Å². The van der Waals surface area contributed by atoms with Gasteiger partial charge in [-0.1, -0.05) is 51.1 Å². The van der Waals surface area contributed by atoms with Crippen LogP contribution in [0.1, 0.15) is 50.8 Å². The first-order chi connectivity index (χ1) is 16.3. The van der Waals surface area contributed by atoms with Crippen molar-refractivity contribution in [3.8, 4) is 5.75 Å². The van der Waals surface area contributed by atoms with Crippen molar-refractivity contribution in [1.29, 1.82) is 0 Å². The molecule has 0 saturated heterocycles. The molecule has 0 fully saturated rings. The number of aliphatic carboxylic acids is 2. The van der Waals surface area contributed by atoms with Gasteiger partial charge in [-0.3, -0.25) is 19.7 Å². The number of nitrogens with zero attached hydrogens (tertiary/aromatic N) is 1. The summed E-state index contributed by atoms with van der Waals surface area (Å²) in [5, 5.41) is 32.5. The minimum Gasteiger partial charge on any atom is -0.506 e. The number of halogens is 2. The quantitative estimate of drug-likeness (QED) is 0.274. The summed E-state index contributed by atoms with van der Waals surface area (Å²) < 4.78 is 0.603. The van der Waals surface area contributed by atoms with E-state index in [9.17, 15) is 29.7 Å². The molecule has 198 valence electrons. The first-order valence-corrected chi connectivity index (χ1v) is 12.4. The minimum atomic E-state index is -1.20. The smallest absolute Gasteiger partial charge is 0.323 e. The van der Waals surface area contributed by atoms with Crippen molar-refractivity contribution in [2.24, 2.45) is 0 Å². The van der Waals surface area contributed by atoms with Crippen molar-refractivity contribution in [2.45, 2.75) is 64.6 Å². The lowest BCUT2D eigenvalue weighted by Crippen LogP contribution is -2.51. The van der Waals surface area contributed by atoms with Crippen molar-refractivity contribution >= 4 is 52.8 Å². The fourth-order valence-electron chi connectivity index (χ4n) is 3.67. The zero-order chi connectivity index (χ0) is 26.3. The summed E-state index contributed by atoms with van der Waals surface area (Å²) in [5.74, 6) is -2.86. The number of phenols is 1. The number of carboxylic acids is 2. The molecule has 0 aromatic heterocycles. The Morgan fingerprint density at radius 3 is 2.22 bits per heavy atom. The number of rotatable bonds is 11. The van der Waals surface area contributed by atoms with Crippen molar-refractivity contribution in [1.82, 2.24) is 10.2 Å². The Bertz CT molecular complexity index is 1060. The lowest BCUT2D eigenvalue weighted by atomic mass is 9.86. The van der Waals surface area contributed by atoms with E-state index in [1.54, 1.807) is 6.07 Å². The molecule has 0 aliphatic heterocycles. The van der Waals surface area contributed by atoms with Gasteiger partial charge >= 0.3 is 11.9 Å². The van der Waals surface area contributed by atoms with Crippen LogP contribution in [0.2, 0.25) is 0 Å². The fraction of sp³-hybridized carbons (Fsp3) is 0.423. The number of nitrogens with one attached hydrogen (secondary N) is 1. The number of aryl methyl sites for hydroxylation is 1. The highest BCUT2D eigenvalue weighted by Gasteiger charge is 2.28. The van der Waals surface area contributed by atoms with E-state index in [4.69, 9.17) is 0 Å². The summed E-state index contributed by atoms with van der Waals surface area (Å²) in [6, 6.07) is 11.1. The van der Waals surface area contributed by atoms with Crippen LogP contribution in [0.15, 0.2) is 42.5 Å². The zero-order valence-corrected chi connectivity index (χ0v) is 23.8. The molecule has 4 N–H and O–H groups in total. The summed E-state index contributed by atoms with van der Waals surface area (Å²) in [7, 11) is 0. The summed E-state index contributed by atoms with van der Waals surface area (Å²) in [5.41, 5.74) is 2.14. The predicted molar refractivity (Wildman–Crippen MR) is 149 cm³/mol. The Kier molecular flexibility index (Phi) is 12.1. The van der Waals surface area contributed by atoms with Gasteiger partial charge in [0.25, 0.3) is 0 Å². The van der Waals surface area contributed by atoms with Crippen molar-refractivity contribution in [2.75, 3.05) is 6.54 Å². The van der Waals surface area contributed by atoms with Gasteiger partial charge in [0.1, 0.15) is 18.3 Å². The standard InChI is InChI=1S/C26H33IN2O6.ClH/c1-16(28-21(25(34)35)11-10-17-8-6-5-7-9-17)24(33)29(15-22(30)31)14-18-12-19(26(2,3)4)13-20(27)23(18)32;/h5-9,12-13,16,21,28,32H,10-11,14-15H2,1-4H3,(H,30,31)(H,34,35);1H/t16-,21-;/m0./s1. The Morgan fingerprint density at radius 1 is 1.08 bits per heavy atom. The second-order valence-corrected chi connectivity index (χ2v) is 10.8. The van der Waals surface area contributed by atoms with Gasteiger partial charge in [0.15, 0.2) is 0 Å². The predicted octanol–water partition coefficient (Wildman–Crippen LogP) is 4.19. The molecular weight excluding hydrogens is 599 g/mol. The maximum Gasteiger partial charge on any atom is 0.323 e. The lowest BCUT2D eigenvalue weighted by molar-refractivity contribution is -0.146. The van der Waals surface area contributed by atoms with Gasteiger partial charge < -0.3 is 20.2 Å². The number of phenolic OH excluding ortho intramolecular Hbond substituents is 1. The van der Waals surface area contributed by atoms with Crippen LogP contribution in [0.5, 0.6) is 5.75 Å². The molecule has 2 aromatic rings. The number of hydrogen-bond donors (Lipinski definition) is 4. The highest BCUT2D eigenvalue weighted by Crippen LogP contribution is 2.32. The van der Waals surface area contributed by atoms with Crippen LogP contribution in [0, 0.1) is 3.57 Å². The third-order valence-corrected chi connectivity index (χ3v) is 6.51. The fourth-order valence-corrected chi connectivity index (χ4v) is 4.35. The molecule has 8 nitrogen and oxygen atoms in total. The summed E-state index contributed by atoms with van der Waals surface area (Å²) >= 11 is 2.01. The van der Waals surface area contributed by atoms with E-state index in [1.165, 1.54) is 6.92 Å². The molecule has 0 radical (unpaired) electrons. The van der Waals surface area contributed by atoms with E-state index in [-0.39, 0.29) is 36.5 Å². The second kappa shape index (κ2) is 13.8. The molecule has 0 aliphatic carbocycles. The lowest BCUT2D eigenvalue weighted by Gasteiger charge is -2.28. The maximum atomic E-state index is 13.2. The van der Waals surface area contributed by atoms with Crippen molar-refractivity contribution < 1.29 is 29.7 Å². The van der Waals surface area contributed by atoms with E-state index in [0.29, 0.717) is 15.6 Å². The normalized spacial score (nSPS) is 12.8. The Balaban J connectivity index is 0.00000648. The van der Waals surface area contributed by atoms with E-state index < -0.39 is 36.5 Å². The number of benzene rings is 2. The molecule has 2 rings (SSSR count). The van der Waals surface area contributed by atoms with Crippen LogP contribution in [0.25, 0.3) is 0 Å². The first kappa shape index (κ1) is 31.7. The molecular formula is C26H34ClIN2O6. The average molecular weight is 633 g/mol. The van der Waals surface area contributed by atoms with E-state index in [0.717, 1.165) is 16.0 Å². The molecule has 0 saturated carbocycles. The van der Waals surface area contributed by atoms with Gasteiger partial charge in [-0.05, 0) is 71.0 Å². The van der Waals surface area contributed by atoms with Gasteiger partial charge in [-0.25, -0.2) is 0 Å². The highest BCUT2D eigenvalue weighted by molar-refractivity contribution is 14.1. The number of carbonyl (C=O) groups is 3. The van der Waals surface area contributed by atoms with Gasteiger partial charge in [-0.2, -0.15) is 0 Å². The Hall–Kier alpha value is -2.37. The third-order valence-electron chi connectivity index (χ3n) is 5.69. The van der Waals surface area contributed by atoms with Crippen molar-refractivity contribution in [3.05, 3.63) is 62.7 Å². The maximum absolute atomic E-state index is 13.2. The molecule has 0 bridgehead atoms. The molecule has 1 amide bonds. The highest BCUT2D eigenvalue weighted by atomic mass is 127. The molecule has 0 heterocycles. The van der Waals surface area contributed by atoms with Crippen molar-refractivity contribution in [3.63, 3.8) is 0 Å². The van der Waals surface area contributed by atoms with E-state index in [1.807, 2.05) is 79.8 Å². The summed E-state index contributed by atoms with van der Waals surface area (Å²) in [6.45, 7) is 6.88. The number of carbonyl (C=O) groups excluding carboxylic acids is 1. The molecule has 10 heteroatoms. The number of carboxylic acid groups (broad SMARTS) is 2. The van der Waals surface area contributed by atoms with E-state index in [2.05, 4.69) is 5.32 Å². The van der Waals surface area contributed by atoms with Gasteiger partial charge in [0, 0.05) is 5.56 Å². The Morgan fingerprint density at radius 2 is 1.69 bits per heavy atom. The second-order valence-electron chi connectivity index (χ2n) is 9.61. The average Bonchev–Trinajstić information content (AvgIpc) is 2.77. The van der Waals surface area contributed by atoms with Crippen LogP contribution in [-0.4, -0.2) is 56.7 Å². The zero-order valence-electron chi connectivity index (χ0n) is 20.8. The topological polar surface area (TPSA) is 127 Å². The molecule has 0 unspecified atom stereocenters. The van der Waals surface area contributed by atoms with Crippen LogP contribution in [0.3, 0.4) is 0 Å². The first-order valence-electron chi connectivity index (χ1n) is 11.3. The summed E-state index contributed by atoms with van der Waals surface area (Å²) in [4.78, 5) is 37.7. The number of aromatic hydroxyl groups is 1. The van der Waals surface area contributed by atoms with Gasteiger partial charge in [0.05, 0.1) is 16.2 Å². The molecule has 0 aliphatic rings. The SMILES string of the molecule is C[C@H](N[C@@H](CCc1ccccc1)C(=O)O)C(=O)N(CC(=O)O)Cc1cc(C(C)(C)C)cc(I)c1O.Cl. The number of amides is 1. The minimum absolute atomic E-state index is 0. The summed E-state index contributed by atoms with van der Waals surface area (Å²) in [6.07, 6.45) is 0.777. The van der Waals surface area contributed by atoms with Crippen LogP contribution < -0.4 is 5.32 Å². The molecule has 2 atom stereocenters. The van der Waals surface area contributed by atoms with Gasteiger partial charge in [0.2, 0.25) is 5.91 Å². The largest absolute Gasteiger partial charge is 0.506 e. The number of hydrogen-bond acceptors (Lipinski definition) is 5.